The number of rotatable bonds is 2. The summed E-state index contributed by atoms with van der Waals surface area (Å²) in [6.07, 6.45) is 2.34. The summed E-state index contributed by atoms with van der Waals surface area (Å²) in [5, 5.41) is 17.7. The first kappa shape index (κ1) is 8.90. The Morgan fingerprint density at radius 2 is 1.29 bits per heavy atom. The van der Waals surface area contributed by atoms with Gasteiger partial charge in [-0.05, 0) is 12.8 Å². The Balaban J connectivity index is 2.24. The van der Waals surface area contributed by atoms with Gasteiger partial charge in [0.15, 0.2) is 5.57 Å². The molecule has 0 aromatic carbocycles. The lowest BCUT2D eigenvalue weighted by Crippen LogP contribution is -2.48. The summed E-state index contributed by atoms with van der Waals surface area (Å²) in [6.45, 7) is 3.94. The van der Waals surface area contributed by atoms with Crippen molar-refractivity contribution in [3.63, 3.8) is 0 Å². The fraction of sp³-hybridized carbons (Fsp3) is 0.600. The van der Waals surface area contributed by atoms with E-state index in [0.29, 0.717) is 0 Å². The van der Waals surface area contributed by atoms with Gasteiger partial charge in [-0.1, -0.05) is 0 Å². The highest BCUT2D eigenvalue weighted by Gasteiger charge is 2.28. The molecule has 0 aromatic rings. The Bertz CT molecular complexity index is 304. The lowest BCUT2D eigenvalue weighted by Gasteiger charge is -2.44. The summed E-state index contributed by atoms with van der Waals surface area (Å²) >= 11 is 0. The fourth-order valence-electron chi connectivity index (χ4n) is 1.70. The Morgan fingerprint density at radius 3 is 1.50 bits per heavy atom. The van der Waals surface area contributed by atoms with Crippen LogP contribution >= 0.6 is 0 Å². The molecule has 0 N–H and O–H groups in total. The van der Waals surface area contributed by atoms with Crippen molar-refractivity contribution in [2.24, 2.45) is 0 Å². The van der Waals surface area contributed by atoms with E-state index in [1.807, 2.05) is 12.1 Å². The predicted molar refractivity (Wildman–Crippen MR) is 50.6 cm³/mol. The lowest BCUT2D eigenvalue weighted by molar-refractivity contribution is 0.113. The molecule has 0 unspecified atom stereocenters. The first-order valence-electron chi connectivity index (χ1n) is 4.91. The summed E-state index contributed by atoms with van der Waals surface area (Å²) in [4.78, 5) is 4.25. The second-order valence-corrected chi connectivity index (χ2v) is 3.60. The Morgan fingerprint density at radius 1 is 0.857 bits per heavy atom. The van der Waals surface area contributed by atoms with Crippen LogP contribution in [0.15, 0.2) is 11.4 Å². The van der Waals surface area contributed by atoms with Gasteiger partial charge in [-0.25, -0.2) is 0 Å². The molecule has 2 fully saturated rings. The summed E-state index contributed by atoms with van der Waals surface area (Å²) < 4.78 is 0. The van der Waals surface area contributed by atoms with E-state index in [2.05, 4.69) is 9.80 Å². The molecule has 0 atom stereocenters. The highest BCUT2D eigenvalue weighted by molar-refractivity contribution is 5.40. The summed E-state index contributed by atoms with van der Waals surface area (Å²) in [6, 6.07) is 3.97. The highest BCUT2D eigenvalue weighted by Crippen LogP contribution is 2.25. The third-order valence-electron chi connectivity index (χ3n) is 2.76. The van der Waals surface area contributed by atoms with Crippen LogP contribution in [0.4, 0.5) is 0 Å². The van der Waals surface area contributed by atoms with E-state index >= 15 is 0 Å². The highest BCUT2D eigenvalue weighted by atomic mass is 15.4. The molecule has 0 aromatic heterocycles. The molecule has 72 valence electrons. The molecule has 0 radical (unpaired) electrons. The number of likely N-dealkylation sites (tertiary alicyclic amines) is 2. The van der Waals surface area contributed by atoms with Crippen molar-refractivity contribution in [1.29, 1.82) is 10.5 Å². The number of hydrogen-bond donors (Lipinski definition) is 0. The molecule has 2 saturated heterocycles. The maximum absolute atomic E-state index is 8.85. The largest absolute Gasteiger partial charge is 0.356 e. The van der Waals surface area contributed by atoms with Crippen LogP contribution in [0.1, 0.15) is 12.8 Å². The molecular weight excluding hydrogens is 176 g/mol. The standard InChI is InChI=1S/C10H12N4/c11-7-9(8-12)10(13-3-1-4-13)14-5-2-6-14/h1-6H2. The molecule has 0 bridgehead atoms. The van der Waals surface area contributed by atoms with Crippen LogP contribution in [-0.2, 0) is 0 Å². The summed E-state index contributed by atoms with van der Waals surface area (Å²) in [5.41, 5.74) is 0.268. The monoisotopic (exact) mass is 188 g/mol. The average Bonchev–Trinajstić information content (AvgIpc) is 2.00. The van der Waals surface area contributed by atoms with Crippen LogP contribution in [0.2, 0.25) is 0 Å². The van der Waals surface area contributed by atoms with Gasteiger partial charge in [-0.2, -0.15) is 10.5 Å². The lowest BCUT2D eigenvalue weighted by atomic mass is 10.1. The maximum atomic E-state index is 8.85. The minimum Gasteiger partial charge on any atom is -0.356 e. The summed E-state index contributed by atoms with van der Waals surface area (Å²) in [5.74, 6) is 0.868. The van der Waals surface area contributed by atoms with Gasteiger partial charge >= 0.3 is 0 Å². The molecule has 4 nitrogen and oxygen atoms in total. The Kier molecular flexibility index (Phi) is 2.28. The van der Waals surface area contributed by atoms with Gasteiger partial charge < -0.3 is 9.80 Å². The van der Waals surface area contributed by atoms with E-state index in [1.165, 1.54) is 12.8 Å². The quantitative estimate of drug-likeness (QED) is 0.597. The van der Waals surface area contributed by atoms with E-state index in [-0.39, 0.29) is 5.57 Å². The number of nitriles is 2. The van der Waals surface area contributed by atoms with Crippen molar-refractivity contribution in [1.82, 2.24) is 9.80 Å². The van der Waals surface area contributed by atoms with Gasteiger partial charge in [0.2, 0.25) is 0 Å². The van der Waals surface area contributed by atoms with Crippen molar-refractivity contribution in [2.45, 2.75) is 12.8 Å². The number of allylic oxidation sites excluding steroid dienone is 1. The SMILES string of the molecule is N#CC(C#N)=C(N1CCC1)N1CCC1. The molecule has 4 heteroatoms. The van der Waals surface area contributed by atoms with Crippen LogP contribution in [-0.4, -0.2) is 36.0 Å². The van der Waals surface area contributed by atoms with Crippen LogP contribution in [0.25, 0.3) is 0 Å². The Labute approximate surface area is 83.6 Å². The first-order valence-corrected chi connectivity index (χ1v) is 4.91. The molecule has 2 heterocycles. The second-order valence-electron chi connectivity index (χ2n) is 3.60. The average molecular weight is 188 g/mol. The minimum absolute atomic E-state index is 0.268. The van der Waals surface area contributed by atoms with Gasteiger partial charge in [0.1, 0.15) is 18.0 Å². The molecule has 14 heavy (non-hydrogen) atoms. The van der Waals surface area contributed by atoms with Crippen molar-refractivity contribution < 1.29 is 0 Å². The van der Waals surface area contributed by atoms with E-state index in [9.17, 15) is 0 Å². The van der Waals surface area contributed by atoms with Gasteiger partial charge in [-0.3, -0.25) is 0 Å². The van der Waals surface area contributed by atoms with Crippen LogP contribution in [0, 0.1) is 22.7 Å². The normalized spacial score (nSPS) is 18.7. The van der Waals surface area contributed by atoms with E-state index in [1.54, 1.807) is 0 Å². The smallest absolute Gasteiger partial charge is 0.169 e. The van der Waals surface area contributed by atoms with Crippen molar-refractivity contribution in [3.8, 4) is 12.1 Å². The molecule has 0 aliphatic carbocycles. The third kappa shape index (κ3) is 1.29. The minimum atomic E-state index is 0.268. The molecule has 0 spiro atoms. The zero-order valence-corrected chi connectivity index (χ0v) is 8.03. The molecule has 2 aliphatic rings. The summed E-state index contributed by atoms with van der Waals surface area (Å²) in [7, 11) is 0. The van der Waals surface area contributed by atoms with Gasteiger partial charge in [0.05, 0.1) is 0 Å². The van der Waals surface area contributed by atoms with Gasteiger partial charge in [0.25, 0.3) is 0 Å². The Hall–Kier alpha value is -1.68. The van der Waals surface area contributed by atoms with Crippen molar-refractivity contribution in [2.75, 3.05) is 26.2 Å². The van der Waals surface area contributed by atoms with Crippen LogP contribution < -0.4 is 0 Å². The zero-order valence-electron chi connectivity index (χ0n) is 8.03. The third-order valence-corrected chi connectivity index (χ3v) is 2.76. The molecule has 2 rings (SSSR count). The maximum Gasteiger partial charge on any atom is 0.169 e. The fourth-order valence-corrected chi connectivity index (χ4v) is 1.70. The molecule has 0 amide bonds. The zero-order chi connectivity index (χ0) is 9.97. The topological polar surface area (TPSA) is 54.1 Å². The second kappa shape index (κ2) is 3.59. The van der Waals surface area contributed by atoms with E-state index < -0.39 is 0 Å². The number of hydrogen-bond acceptors (Lipinski definition) is 4. The van der Waals surface area contributed by atoms with E-state index in [4.69, 9.17) is 10.5 Å². The molecule has 2 aliphatic heterocycles. The van der Waals surface area contributed by atoms with Gasteiger partial charge in [0, 0.05) is 26.2 Å². The molecular formula is C10H12N4. The van der Waals surface area contributed by atoms with Gasteiger partial charge in [-0.15, -0.1) is 0 Å². The van der Waals surface area contributed by atoms with Crippen LogP contribution in [0.5, 0.6) is 0 Å². The number of nitrogens with zero attached hydrogens (tertiary/aromatic N) is 4. The first-order chi connectivity index (χ1) is 6.86. The van der Waals surface area contributed by atoms with Crippen molar-refractivity contribution in [3.05, 3.63) is 11.4 Å². The van der Waals surface area contributed by atoms with Crippen LogP contribution in [0.3, 0.4) is 0 Å². The predicted octanol–water partition coefficient (Wildman–Crippen LogP) is 0.657. The van der Waals surface area contributed by atoms with Crippen molar-refractivity contribution >= 4 is 0 Å². The molecule has 0 saturated carbocycles. The van der Waals surface area contributed by atoms with E-state index in [0.717, 1.165) is 32.0 Å².